The van der Waals surface area contributed by atoms with Gasteiger partial charge in [-0.1, -0.05) is 18.2 Å². The van der Waals surface area contributed by atoms with Crippen molar-refractivity contribution in [3.05, 3.63) is 35.9 Å². The fraction of sp³-hybridized carbons (Fsp3) is 0.533. The molecule has 0 aromatic heterocycles. The number of hydrogen-bond donors (Lipinski definition) is 2. The van der Waals surface area contributed by atoms with Gasteiger partial charge in [0.25, 0.3) is 5.91 Å². The number of carbonyl (C=O) groups is 1. The van der Waals surface area contributed by atoms with E-state index in [1.165, 1.54) is 0 Å². The summed E-state index contributed by atoms with van der Waals surface area (Å²) in [4.78, 5) is 12.0. The third-order valence-corrected chi connectivity index (χ3v) is 3.81. The second-order valence-electron chi connectivity index (χ2n) is 5.34. The van der Waals surface area contributed by atoms with E-state index in [4.69, 9.17) is 4.74 Å². The van der Waals surface area contributed by atoms with Gasteiger partial charge in [0.2, 0.25) is 0 Å². The first-order valence-corrected chi connectivity index (χ1v) is 7.02. The maximum atomic E-state index is 12.0. The lowest BCUT2D eigenvalue weighted by Crippen LogP contribution is -2.40. The first kappa shape index (κ1) is 12.6. The third kappa shape index (κ3) is 3.33. The molecule has 2 aliphatic rings. The van der Waals surface area contributed by atoms with Crippen molar-refractivity contribution < 1.29 is 9.53 Å². The minimum Gasteiger partial charge on any atom is -0.381 e. The van der Waals surface area contributed by atoms with Gasteiger partial charge in [0.1, 0.15) is 0 Å². The van der Waals surface area contributed by atoms with E-state index in [1.54, 1.807) is 0 Å². The molecule has 1 aromatic carbocycles. The Bertz CT molecular complexity index is 429. The molecule has 4 nitrogen and oxygen atoms in total. The van der Waals surface area contributed by atoms with Crippen LogP contribution in [0.4, 0.5) is 0 Å². The van der Waals surface area contributed by atoms with Crippen molar-refractivity contribution in [3.8, 4) is 0 Å². The monoisotopic (exact) mass is 260 g/mol. The van der Waals surface area contributed by atoms with Crippen LogP contribution in [-0.2, 0) is 4.74 Å². The van der Waals surface area contributed by atoms with Gasteiger partial charge in [-0.05, 0) is 31.4 Å². The van der Waals surface area contributed by atoms with E-state index >= 15 is 0 Å². The molecule has 0 unspecified atom stereocenters. The summed E-state index contributed by atoms with van der Waals surface area (Å²) in [5.74, 6) is 0.0295. The molecule has 0 spiro atoms. The lowest BCUT2D eigenvalue weighted by Gasteiger charge is -2.23. The van der Waals surface area contributed by atoms with Crippen LogP contribution in [0, 0.1) is 0 Å². The van der Waals surface area contributed by atoms with E-state index in [-0.39, 0.29) is 11.9 Å². The molecule has 0 bridgehead atoms. The summed E-state index contributed by atoms with van der Waals surface area (Å²) >= 11 is 0. The summed E-state index contributed by atoms with van der Waals surface area (Å²) in [6.07, 6.45) is 3.20. The van der Waals surface area contributed by atoms with Crippen LogP contribution in [0.25, 0.3) is 0 Å². The van der Waals surface area contributed by atoms with Crippen molar-refractivity contribution in [1.82, 2.24) is 10.6 Å². The lowest BCUT2D eigenvalue weighted by atomic mass is 10.1. The Morgan fingerprint density at radius 3 is 2.58 bits per heavy atom. The van der Waals surface area contributed by atoms with Crippen LogP contribution in [0.1, 0.15) is 29.6 Å². The molecule has 1 saturated carbocycles. The fourth-order valence-corrected chi connectivity index (χ4v) is 2.55. The first-order valence-electron chi connectivity index (χ1n) is 7.02. The molecule has 1 amide bonds. The van der Waals surface area contributed by atoms with Crippen LogP contribution in [0.5, 0.6) is 0 Å². The van der Waals surface area contributed by atoms with E-state index in [2.05, 4.69) is 10.6 Å². The Kier molecular flexibility index (Phi) is 3.80. The maximum absolute atomic E-state index is 12.0. The normalized spacial score (nSPS) is 26.9. The van der Waals surface area contributed by atoms with Crippen LogP contribution >= 0.6 is 0 Å². The second kappa shape index (κ2) is 5.72. The number of amides is 1. The summed E-state index contributed by atoms with van der Waals surface area (Å²) in [6, 6.07) is 10.7. The van der Waals surface area contributed by atoms with Crippen LogP contribution in [-0.4, -0.2) is 37.2 Å². The number of rotatable bonds is 4. The van der Waals surface area contributed by atoms with Crippen molar-refractivity contribution in [3.63, 3.8) is 0 Å². The quantitative estimate of drug-likeness (QED) is 0.858. The van der Waals surface area contributed by atoms with Crippen molar-refractivity contribution >= 4 is 5.91 Å². The molecule has 3 rings (SSSR count). The SMILES string of the molecule is O=C(N[C@@H]1C[C@H]1NC1CCOCC1)c1ccccc1. The highest BCUT2D eigenvalue weighted by molar-refractivity contribution is 5.94. The van der Waals surface area contributed by atoms with Gasteiger partial charge in [-0.25, -0.2) is 0 Å². The number of hydrogen-bond acceptors (Lipinski definition) is 3. The van der Waals surface area contributed by atoms with Crippen molar-refractivity contribution in [1.29, 1.82) is 0 Å². The summed E-state index contributed by atoms with van der Waals surface area (Å²) in [5.41, 5.74) is 0.735. The van der Waals surface area contributed by atoms with Crippen LogP contribution in [0.3, 0.4) is 0 Å². The van der Waals surface area contributed by atoms with Gasteiger partial charge in [-0.15, -0.1) is 0 Å². The number of ether oxygens (including phenoxy) is 1. The standard InChI is InChI=1S/C15H20N2O2/c18-15(11-4-2-1-3-5-11)17-14-10-13(14)16-12-6-8-19-9-7-12/h1-5,12-14,16H,6-10H2,(H,17,18)/t13-,14-/m1/s1. The molecule has 2 fully saturated rings. The first-order chi connectivity index (χ1) is 9.33. The minimum atomic E-state index is 0.0295. The van der Waals surface area contributed by atoms with Gasteiger partial charge >= 0.3 is 0 Å². The summed E-state index contributed by atoms with van der Waals surface area (Å²) < 4.78 is 5.34. The maximum Gasteiger partial charge on any atom is 0.251 e. The zero-order chi connectivity index (χ0) is 13.1. The van der Waals surface area contributed by atoms with E-state index in [1.807, 2.05) is 30.3 Å². The minimum absolute atomic E-state index is 0.0295. The molecule has 19 heavy (non-hydrogen) atoms. The molecule has 102 valence electrons. The van der Waals surface area contributed by atoms with E-state index in [0.29, 0.717) is 12.1 Å². The van der Waals surface area contributed by atoms with Crippen molar-refractivity contribution in [2.75, 3.05) is 13.2 Å². The van der Waals surface area contributed by atoms with Gasteiger partial charge in [0.15, 0.2) is 0 Å². The highest BCUT2D eigenvalue weighted by Gasteiger charge is 2.39. The molecule has 2 atom stereocenters. The van der Waals surface area contributed by atoms with E-state index in [0.717, 1.165) is 38.0 Å². The molecular weight excluding hydrogens is 240 g/mol. The van der Waals surface area contributed by atoms with Crippen molar-refractivity contribution in [2.24, 2.45) is 0 Å². The summed E-state index contributed by atoms with van der Waals surface area (Å²) in [7, 11) is 0. The van der Waals surface area contributed by atoms with Crippen LogP contribution in [0.2, 0.25) is 0 Å². The molecule has 1 aromatic rings. The lowest BCUT2D eigenvalue weighted by molar-refractivity contribution is 0.0771. The number of carbonyl (C=O) groups excluding carboxylic acids is 1. The van der Waals surface area contributed by atoms with Gasteiger partial charge in [0.05, 0.1) is 0 Å². The topological polar surface area (TPSA) is 50.4 Å². The zero-order valence-corrected chi connectivity index (χ0v) is 11.0. The van der Waals surface area contributed by atoms with E-state index in [9.17, 15) is 4.79 Å². The smallest absolute Gasteiger partial charge is 0.251 e. The predicted octanol–water partition coefficient (Wildman–Crippen LogP) is 1.33. The highest BCUT2D eigenvalue weighted by atomic mass is 16.5. The van der Waals surface area contributed by atoms with Crippen molar-refractivity contribution in [2.45, 2.75) is 37.4 Å². The zero-order valence-electron chi connectivity index (χ0n) is 11.0. The molecule has 1 heterocycles. The summed E-state index contributed by atoms with van der Waals surface area (Å²) in [5, 5.41) is 6.68. The molecular formula is C15H20N2O2. The predicted molar refractivity (Wildman–Crippen MR) is 73.1 cm³/mol. The van der Waals surface area contributed by atoms with Gasteiger partial charge in [-0.2, -0.15) is 0 Å². The number of benzene rings is 1. The molecule has 2 N–H and O–H groups in total. The molecule has 0 radical (unpaired) electrons. The van der Waals surface area contributed by atoms with Crippen LogP contribution < -0.4 is 10.6 Å². The molecule has 1 aliphatic carbocycles. The fourth-order valence-electron chi connectivity index (χ4n) is 2.55. The van der Waals surface area contributed by atoms with Gasteiger partial charge < -0.3 is 15.4 Å². The Morgan fingerprint density at radius 2 is 1.84 bits per heavy atom. The second-order valence-corrected chi connectivity index (χ2v) is 5.34. The van der Waals surface area contributed by atoms with E-state index < -0.39 is 0 Å². The average molecular weight is 260 g/mol. The third-order valence-electron chi connectivity index (χ3n) is 3.81. The Morgan fingerprint density at radius 1 is 1.11 bits per heavy atom. The molecule has 1 saturated heterocycles. The average Bonchev–Trinajstić information content (AvgIpc) is 3.18. The molecule has 4 heteroatoms. The molecule has 1 aliphatic heterocycles. The largest absolute Gasteiger partial charge is 0.381 e. The number of nitrogens with one attached hydrogen (secondary N) is 2. The Hall–Kier alpha value is -1.39. The van der Waals surface area contributed by atoms with Gasteiger partial charge in [-0.3, -0.25) is 4.79 Å². The van der Waals surface area contributed by atoms with Crippen LogP contribution in [0.15, 0.2) is 30.3 Å². The Labute approximate surface area is 113 Å². The van der Waals surface area contributed by atoms with Gasteiger partial charge in [0, 0.05) is 36.9 Å². The summed E-state index contributed by atoms with van der Waals surface area (Å²) in [6.45, 7) is 1.71. The highest BCUT2D eigenvalue weighted by Crippen LogP contribution is 2.24. The Balaban J connectivity index is 1.44.